The first-order chi connectivity index (χ1) is 19.6. The fourth-order valence-corrected chi connectivity index (χ4v) is 18.8. The van der Waals surface area contributed by atoms with E-state index in [1.165, 1.54) is 44.9 Å². The van der Waals surface area contributed by atoms with E-state index in [4.69, 9.17) is 0 Å². The van der Waals surface area contributed by atoms with Crippen molar-refractivity contribution in [1.29, 1.82) is 0 Å². The van der Waals surface area contributed by atoms with Gasteiger partial charge in [-0.1, -0.05) is 32.2 Å². The van der Waals surface area contributed by atoms with Crippen LogP contribution in [0.25, 0.3) is 0 Å². The molecule has 2 aliphatic heterocycles. The molecule has 4 heteroatoms. The third-order valence-electron chi connectivity index (χ3n) is 14.2. The first-order valence-electron chi connectivity index (χ1n) is 17.7. The molecular weight excluding hydrogens is 522 g/mol. The van der Waals surface area contributed by atoms with Crippen LogP contribution in [0.15, 0.2) is 24.3 Å². The summed E-state index contributed by atoms with van der Waals surface area (Å²) < 4.78 is 0. The molecule has 10 fully saturated rings. The quantitative estimate of drug-likeness (QED) is 0.323. The van der Waals surface area contributed by atoms with Crippen LogP contribution in [0.2, 0.25) is 0 Å². The van der Waals surface area contributed by atoms with Gasteiger partial charge in [-0.05, 0) is 179 Å². The fourth-order valence-electron chi connectivity index (χ4n) is 13.4. The summed E-state index contributed by atoms with van der Waals surface area (Å²) in [4.78, 5) is 0. The number of benzene rings is 1. The Morgan fingerprint density at radius 1 is 0.650 bits per heavy atom. The molecule has 0 amide bonds. The molecule has 0 aromatic heterocycles. The summed E-state index contributed by atoms with van der Waals surface area (Å²) in [5.74, 6) is 8.73. The van der Waals surface area contributed by atoms with Gasteiger partial charge in [0.25, 0.3) is 0 Å². The molecule has 3 atom stereocenters. The van der Waals surface area contributed by atoms with Crippen molar-refractivity contribution >= 4 is 17.2 Å². The van der Waals surface area contributed by atoms with E-state index in [2.05, 4.69) is 44.1 Å². The van der Waals surface area contributed by atoms with Gasteiger partial charge in [0.15, 0.2) is 0 Å². The van der Waals surface area contributed by atoms with E-state index in [0.29, 0.717) is 12.1 Å². The van der Waals surface area contributed by atoms with E-state index in [-0.39, 0.29) is 13.1 Å². The van der Waals surface area contributed by atoms with Crippen molar-refractivity contribution in [3.05, 3.63) is 35.4 Å². The monoisotopic (exact) mass is 576 g/mol. The van der Waals surface area contributed by atoms with Gasteiger partial charge in [-0.3, -0.25) is 0 Å². The van der Waals surface area contributed by atoms with Crippen LogP contribution in [0.1, 0.15) is 101 Å². The molecule has 1 aromatic carbocycles. The topological polar surface area (TPSA) is 24.1 Å². The van der Waals surface area contributed by atoms with Crippen LogP contribution in [-0.2, 0) is 11.3 Å². The van der Waals surface area contributed by atoms with E-state index in [0.717, 1.165) is 58.7 Å². The SMILES string of the molecule is PC(c1ccccc1CP(C1C2CC3CC(C2)CC1C3)C1C2CC3CC(C2)CC1C3)(C1CCCN1)C1CCCN1. The second-order valence-corrected chi connectivity index (χ2v) is 19.9. The molecule has 11 rings (SSSR count). The largest absolute Gasteiger partial charge is 0.313 e. The Labute approximate surface area is 247 Å². The maximum Gasteiger partial charge on any atom is 0.0405 e. The zero-order valence-corrected chi connectivity index (χ0v) is 26.8. The van der Waals surface area contributed by atoms with Gasteiger partial charge in [-0.15, -0.1) is 9.24 Å². The molecule has 40 heavy (non-hydrogen) atoms. The van der Waals surface area contributed by atoms with Crippen LogP contribution < -0.4 is 10.6 Å². The lowest BCUT2D eigenvalue weighted by molar-refractivity contribution is 0.0129. The average molecular weight is 577 g/mol. The van der Waals surface area contributed by atoms with Gasteiger partial charge in [0, 0.05) is 17.2 Å². The zero-order chi connectivity index (χ0) is 26.4. The summed E-state index contributed by atoms with van der Waals surface area (Å²) in [7, 11) is 3.55. The third-order valence-corrected chi connectivity index (χ3v) is 19.3. The number of nitrogens with one attached hydrogen (secondary N) is 2. The molecule has 0 spiro atoms. The molecule has 2 nitrogen and oxygen atoms in total. The maximum atomic E-state index is 4.01. The highest BCUT2D eigenvalue weighted by Gasteiger charge is 2.57. The standard InChI is InChI=1S/C36H54N2P2/c39-36(32-7-3-9-37-32,33-8-4-10-38-33)31-6-2-1-5-26(31)21-40(34-27-13-22-11-23(15-27)16-28(34)14-22)35-29-17-24-12-25(19-29)20-30(35)18-24/h1-2,5-6,22-25,27-30,32-35,37-38H,3-4,7-21,39H2. The van der Waals surface area contributed by atoms with Crippen LogP contribution in [0.3, 0.4) is 0 Å². The van der Waals surface area contributed by atoms with E-state index in [9.17, 15) is 0 Å². The van der Waals surface area contributed by atoms with E-state index in [1.54, 1.807) is 75.3 Å². The molecule has 3 unspecified atom stereocenters. The zero-order valence-electron chi connectivity index (χ0n) is 24.8. The van der Waals surface area contributed by atoms with Gasteiger partial charge < -0.3 is 10.6 Å². The molecule has 10 aliphatic rings. The average Bonchev–Trinajstić information content (AvgIpc) is 3.67. The maximum absolute atomic E-state index is 4.01. The molecule has 2 N–H and O–H groups in total. The highest BCUT2D eigenvalue weighted by molar-refractivity contribution is 7.58. The van der Waals surface area contributed by atoms with Gasteiger partial charge >= 0.3 is 0 Å². The van der Waals surface area contributed by atoms with E-state index < -0.39 is 0 Å². The lowest BCUT2D eigenvalue weighted by Crippen LogP contribution is -2.53. The minimum Gasteiger partial charge on any atom is -0.313 e. The summed E-state index contributed by atoms with van der Waals surface area (Å²) >= 11 is 0. The normalized spacial score (nSPS) is 49.0. The Kier molecular flexibility index (Phi) is 6.79. The Morgan fingerprint density at radius 2 is 1.10 bits per heavy atom. The van der Waals surface area contributed by atoms with E-state index in [1.807, 2.05) is 0 Å². The van der Waals surface area contributed by atoms with Crippen molar-refractivity contribution in [3.63, 3.8) is 0 Å². The molecule has 218 valence electrons. The Morgan fingerprint density at radius 3 is 1.52 bits per heavy atom. The van der Waals surface area contributed by atoms with Crippen molar-refractivity contribution in [2.45, 2.75) is 125 Å². The summed E-state index contributed by atoms with van der Waals surface area (Å²) in [6.07, 6.45) is 22.8. The second kappa shape index (κ2) is 10.3. The minimum absolute atomic E-state index is 0.0255. The van der Waals surface area contributed by atoms with Gasteiger partial charge in [0.1, 0.15) is 0 Å². The number of hydrogen-bond donors (Lipinski definition) is 2. The molecule has 8 bridgehead atoms. The van der Waals surface area contributed by atoms with Gasteiger partial charge in [0.05, 0.1) is 0 Å². The second-order valence-electron chi connectivity index (χ2n) is 16.4. The lowest BCUT2D eigenvalue weighted by atomic mass is 9.55. The van der Waals surface area contributed by atoms with Crippen LogP contribution in [0, 0.1) is 47.3 Å². The van der Waals surface area contributed by atoms with E-state index >= 15 is 0 Å². The number of rotatable bonds is 7. The van der Waals surface area contributed by atoms with Crippen molar-refractivity contribution in [3.8, 4) is 0 Å². The van der Waals surface area contributed by atoms with Crippen molar-refractivity contribution < 1.29 is 0 Å². The lowest BCUT2D eigenvalue weighted by Gasteiger charge is -2.62. The molecule has 1 aromatic rings. The minimum atomic E-state index is 0.0255. The summed E-state index contributed by atoms with van der Waals surface area (Å²) in [6, 6.07) is 11.2. The highest BCUT2D eigenvalue weighted by atomic mass is 31.1. The highest BCUT2D eigenvalue weighted by Crippen LogP contribution is 2.72. The molecule has 0 radical (unpaired) electrons. The third kappa shape index (κ3) is 4.22. The molecular formula is C36H54N2P2. The van der Waals surface area contributed by atoms with Crippen LogP contribution in [-0.4, -0.2) is 36.5 Å². The first-order valence-corrected chi connectivity index (χ1v) is 20.0. The predicted octanol–water partition coefficient (Wildman–Crippen LogP) is 7.89. The Balaban J connectivity index is 1.11. The first kappa shape index (κ1) is 26.4. The summed E-state index contributed by atoms with van der Waals surface area (Å²) in [5, 5.41) is 8.14. The van der Waals surface area contributed by atoms with Gasteiger partial charge in [-0.2, -0.15) is 0 Å². The molecule has 2 heterocycles. The van der Waals surface area contributed by atoms with Gasteiger partial charge in [0.2, 0.25) is 0 Å². The van der Waals surface area contributed by atoms with Crippen LogP contribution in [0.4, 0.5) is 0 Å². The predicted molar refractivity (Wildman–Crippen MR) is 172 cm³/mol. The molecule has 8 saturated carbocycles. The molecule has 2 saturated heterocycles. The fraction of sp³-hybridized carbons (Fsp3) is 0.833. The van der Waals surface area contributed by atoms with Crippen molar-refractivity contribution in [2.75, 3.05) is 13.1 Å². The Hall–Kier alpha value is -0.0000000000000000416. The van der Waals surface area contributed by atoms with Crippen molar-refractivity contribution in [2.24, 2.45) is 47.3 Å². The van der Waals surface area contributed by atoms with Crippen molar-refractivity contribution in [1.82, 2.24) is 10.6 Å². The van der Waals surface area contributed by atoms with Crippen LogP contribution in [0.5, 0.6) is 0 Å². The Bertz CT molecular complexity index is 976. The smallest absolute Gasteiger partial charge is 0.0405 e. The molecule has 8 aliphatic carbocycles. The van der Waals surface area contributed by atoms with Gasteiger partial charge in [-0.25, -0.2) is 0 Å². The van der Waals surface area contributed by atoms with Crippen LogP contribution >= 0.6 is 17.2 Å². The summed E-state index contributed by atoms with van der Waals surface area (Å²) in [6.45, 7) is 2.40. The summed E-state index contributed by atoms with van der Waals surface area (Å²) in [5.41, 5.74) is 5.66. The number of hydrogen-bond acceptors (Lipinski definition) is 2.